The number of halogens is 6. The lowest BCUT2D eigenvalue weighted by atomic mass is 10.0. The number of alkyl halides is 4. The van der Waals surface area contributed by atoms with E-state index in [9.17, 15) is 26.3 Å². The van der Waals surface area contributed by atoms with Crippen LogP contribution >= 0.6 is 0 Å². The molecule has 0 spiro atoms. The van der Waals surface area contributed by atoms with Crippen LogP contribution in [-0.4, -0.2) is 6.61 Å². The fourth-order valence-electron chi connectivity index (χ4n) is 2.82. The summed E-state index contributed by atoms with van der Waals surface area (Å²) in [6.07, 6.45) is -1.29. The highest BCUT2D eigenvalue weighted by Crippen LogP contribution is 2.37. The van der Waals surface area contributed by atoms with Crippen LogP contribution in [0.3, 0.4) is 0 Å². The highest BCUT2D eigenvalue weighted by atomic mass is 19.3. The third-order valence-corrected chi connectivity index (χ3v) is 4.38. The molecule has 0 aliphatic carbocycles. The molecule has 0 aliphatic heterocycles. The third kappa shape index (κ3) is 6.39. The fourth-order valence-corrected chi connectivity index (χ4v) is 2.82. The first-order valence-electron chi connectivity index (χ1n) is 9.22. The highest BCUT2D eigenvalue weighted by Gasteiger charge is 2.35. The molecule has 0 aromatic heterocycles. The van der Waals surface area contributed by atoms with E-state index < -0.39 is 41.8 Å². The second kappa shape index (κ2) is 10.0. The molecule has 2 rings (SSSR count). The predicted molar refractivity (Wildman–Crippen MR) is 96.1 cm³/mol. The van der Waals surface area contributed by atoms with Crippen LogP contribution in [0.4, 0.5) is 26.3 Å². The lowest BCUT2D eigenvalue weighted by Gasteiger charge is -2.23. The van der Waals surface area contributed by atoms with Crippen LogP contribution in [0.5, 0.6) is 5.75 Å². The van der Waals surface area contributed by atoms with Crippen molar-refractivity contribution in [2.24, 2.45) is 0 Å². The Morgan fingerprint density at radius 2 is 1.55 bits per heavy atom. The van der Waals surface area contributed by atoms with Crippen LogP contribution in [0.25, 0.3) is 0 Å². The predicted octanol–water partition coefficient (Wildman–Crippen LogP) is 7.13. The van der Waals surface area contributed by atoms with Crippen molar-refractivity contribution in [1.82, 2.24) is 0 Å². The van der Waals surface area contributed by atoms with Crippen molar-refractivity contribution in [3.05, 3.63) is 64.7 Å². The van der Waals surface area contributed by atoms with Gasteiger partial charge < -0.3 is 9.47 Å². The molecule has 8 heteroatoms. The molecule has 2 nitrogen and oxygen atoms in total. The number of aryl methyl sites for hydroxylation is 1. The Bertz CT molecular complexity index is 769. The van der Waals surface area contributed by atoms with Gasteiger partial charge in [-0.3, -0.25) is 0 Å². The SMILES string of the molecule is CCCCCc1ccc(C(F)(F)OC(C)c2cc(F)c(OC(F)F)c(F)c2)cc1. The van der Waals surface area contributed by atoms with Gasteiger partial charge in [0.25, 0.3) is 0 Å². The summed E-state index contributed by atoms with van der Waals surface area (Å²) >= 11 is 0. The van der Waals surface area contributed by atoms with Gasteiger partial charge in [-0.05, 0) is 43.0 Å². The summed E-state index contributed by atoms with van der Waals surface area (Å²) in [6, 6.07) is 6.91. The number of benzene rings is 2. The summed E-state index contributed by atoms with van der Waals surface area (Å²) in [5.74, 6) is -4.15. The molecule has 0 fully saturated rings. The number of hydrogen-bond acceptors (Lipinski definition) is 2. The van der Waals surface area contributed by atoms with Gasteiger partial charge in [-0.2, -0.15) is 17.6 Å². The summed E-state index contributed by atoms with van der Waals surface area (Å²) in [7, 11) is 0. The summed E-state index contributed by atoms with van der Waals surface area (Å²) in [5.41, 5.74) is 0.240. The molecule has 160 valence electrons. The first-order chi connectivity index (χ1) is 13.6. The molecule has 2 aromatic carbocycles. The average Bonchev–Trinajstić information content (AvgIpc) is 2.64. The zero-order chi connectivity index (χ0) is 21.6. The van der Waals surface area contributed by atoms with E-state index in [4.69, 9.17) is 4.74 Å². The average molecular weight is 420 g/mol. The van der Waals surface area contributed by atoms with Crippen molar-refractivity contribution in [2.75, 3.05) is 0 Å². The van der Waals surface area contributed by atoms with Gasteiger partial charge in [-0.1, -0.05) is 44.0 Å². The van der Waals surface area contributed by atoms with Crippen LogP contribution in [0, 0.1) is 11.6 Å². The van der Waals surface area contributed by atoms with Gasteiger partial charge in [-0.25, -0.2) is 8.78 Å². The maximum atomic E-state index is 14.4. The lowest BCUT2D eigenvalue weighted by molar-refractivity contribution is -0.272. The first kappa shape index (κ1) is 23.1. The maximum absolute atomic E-state index is 14.4. The number of hydrogen-bond donors (Lipinski definition) is 0. The van der Waals surface area contributed by atoms with Gasteiger partial charge >= 0.3 is 12.7 Å². The Balaban J connectivity index is 2.11. The van der Waals surface area contributed by atoms with E-state index >= 15 is 0 Å². The Hall–Kier alpha value is -2.22. The zero-order valence-corrected chi connectivity index (χ0v) is 16.0. The molecule has 0 aliphatic rings. The second-order valence-electron chi connectivity index (χ2n) is 6.62. The molecule has 2 aromatic rings. The largest absolute Gasteiger partial charge is 0.429 e. The lowest BCUT2D eigenvalue weighted by Crippen LogP contribution is -2.20. The van der Waals surface area contributed by atoms with Gasteiger partial charge in [-0.15, -0.1) is 0 Å². The maximum Gasteiger partial charge on any atom is 0.387 e. The van der Waals surface area contributed by atoms with Crippen molar-refractivity contribution < 1.29 is 35.8 Å². The summed E-state index contributed by atoms with van der Waals surface area (Å²) in [4.78, 5) is 0. The van der Waals surface area contributed by atoms with Crippen molar-refractivity contribution in [3.63, 3.8) is 0 Å². The van der Waals surface area contributed by atoms with Crippen LogP contribution in [0.2, 0.25) is 0 Å². The molecule has 0 saturated carbocycles. The number of unbranched alkanes of at least 4 members (excludes halogenated alkanes) is 2. The van der Waals surface area contributed by atoms with E-state index in [0.29, 0.717) is 12.1 Å². The number of rotatable bonds is 10. The fraction of sp³-hybridized carbons (Fsp3) is 0.429. The smallest absolute Gasteiger partial charge is 0.387 e. The molecule has 0 radical (unpaired) electrons. The minimum absolute atomic E-state index is 0.280. The summed E-state index contributed by atoms with van der Waals surface area (Å²) in [6.45, 7) is -0.179. The van der Waals surface area contributed by atoms with Gasteiger partial charge in [0.2, 0.25) is 0 Å². The second-order valence-corrected chi connectivity index (χ2v) is 6.62. The summed E-state index contributed by atoms with van der Waals surface area (Å²) in [5, 5.41) is 0. The Morgan fingerprint density at radius 1 is 0.966 bits per heavy atom. The van der Waals surface area contributed by atoms with Gasteiger partial charge in [0, 0.05) is 0 Å². The normalized spacial score (nSPS) is 13.0. The van der Waals surface area contributed by atoms with Crippen molar-refractivity contribution in [1.29, 1.82) is 0 Å². The van der Waals surface area contributed by atoms with Crippen LogP contribution in [0.15, 0.2) is 36.4 Å². The van der Waals surface area contributed by atoms with Crippen molar-refractivity contribution >= 4 is 0 Å². The molecule has 1 atom stereocenters. The van der Waals surface area contributed by atoms with E-state index in [1.165, 1.54) is 19.1 Å². The van der Waals surface area contributed by atoms with E-state index in [2.05, 4.69) is 11.7 Å². The molecule has 29 heavy (non-hydrogen) atoms. The first-order valence-corrected chi connectivity index (χ1v) is 9.22. The van der Waals surface area contributed by atoms with Gasteiger partial charge in [0.1, 0.15) is 0 Å². The molecule has 1 unspecified atom stereocenters. The molecular weight excluding hydrogens is 398 g/mol. The minimum Gasteiger partial charge on any atom is -0.429 e. The molecule has 0 saturated heterocycles. The third-order valence-electron chi connectivity index (χ3n) is 4.38. The minimum atomic E-state index is -3.72. The standard InChI is InChI=1S/C21H22F6O2/c1-3-4-5-6-14-7-9-16(10-8-14)21(26,27)29-13(2)15-11-17(22)19(18(23)12-15)28-20(24)25/h7-13,20H,3-6H2,1-2H3. The molecule has 0 N–H and O–H groups in total. The summed E-state index contributed by atoms with van der Waals surface area (Å²) < 4.78 is 89.4. The Kier molecular flexibility index (Phi) is 7.96. The molecule has 0 heterocycles. The van der Waals surface area contributed by atoms with E-state index in [1.54, 1.807) is 12.1 Å². The van der Waals surface area contributed by atoms with Gasteiger partial charge in [0.15, 0.2) is 17.4 Å². The van der Waals surface area contributed by atoms with E-state index in [-0.39, 0.29) is 5.56 Å². The van der Waals surface area contributed by atoms with Crippen LogP contribution in [0.1, 0.15) is 55.9 Å². The topological polar surface area (TPSA) is 18.5 Å². The van der Waals surface area contributed by atoms with E-state index in [0.717, 1.165) is 31.2 Å². The number of ether oxygens (including phenoxy) is 2. The Morgan fingerprint density at radius 3 is 2.07 bits per heavy atom. The molecular formula is C21H22F6O2. The monoisotopic (exact) mass is 420 g/mol. The van der Waals surface area contributed by atoms with Crippen LogP contribution in [-0.2, 0) is 17.3 Å². The van der Waals surface area contributed by atoms with E-state index in [1.807, 2.05) is 0 Å². The zero-order valence-electron chi connectivity index (χ0n) is 16.0. The van der Waals surface area contributed by atoms with Crippen LogP contribution < -0.4 is 4.74 Å². The quantitative estimate of drug-likeness (QED) is 0.301. The van der Waals surface area contributed by atoms with Crippen molar-refractivity contribution in [3.8, 4) is 5.75 Å². The molecule has 0 bridgehead atoms. The Labute approximate surface area is 165 Å². The van der Waals surface area contributed by atoms with Gasteiger partial charge in [0.05, 0.1) is 11.7 Å². The highest BCUT2D eigenvalue weighted by molar-refractivity contribution is 5.32. The molecule has 0 amide bonds. The van der Waals surface area contributed by atoms with Crippen molar-refractivity contribution in [2.45, 2.75) is 58.4 Å².